The van der Waals surface area contributed by atoms with E-state index in [-0.39, 0.29) is 46.0 Å². The summed E-state index contributed by atoms with van der Waals surface area (Å²) in [6.45, 7) is 0.904. The first-order valence-electron chi connectivity index (χ1n) is 11.3. The van der Waals surface area contributed by atoms with E-state index in [0.29, 0.717) is 18.8 Å². The van der Waals surface area contributed by atoms with Crippen LogP contribution in [-0.4, -0.2) is 126 Å². The fraction of sp³-hybridized carbons (Fsp3) is 0.522. The van der Waals surface area contributed by atoms with Crippen molar-refractivity contribution in [2.45, 2.75) is 19.4 Å². The molecular weight excluding hydrogens is 494 g/mol. The van der Waals surface area contributed by atoms with Gasteiger partial charge < -0.3 is 29.5 Å². The van der Waals surface area contributed by atoms with Gasteiger partial charge in [-0.05, 0) is 31.0 Å². The van der Waals surface area contributed by atoms with Crippen LogP contribution < -0.4 is 4.74 Å². The van der Waals surface area contributed by atoms with Crippen molar-refractivity contribution in [2.75, 3.05) is 59.3 Å². The van der Waals surface area contributed by atoms with E-state index in [1.807, 2.05) is 19.1 Å². The molecule has 0 spiro atoms. The number of ether oxygens (including phenoxy) is 3. The van der Waals surface area contributed by atoms with Gasteiger partial charge in [-0.25, -0.2) is 4.90 Å². The minimum atomic E-state index is -1.22. The van der Waals surface area contributed by atoms with Crippen molar-refractivity contribution in [1.82, 2.24) is 14.7 Å². The molecule has 1 rings (SSSR count). The molecule has 1 atom stereocenters. The molecule has 1 aromatic carbocycles. The van der Waals surface area contributed by atoms with Gasteiger partial charge >= 0.3 is 17.9 Å². The molecule has 0 aliphatic rings. The molecular formula is C23H33N3O11. The molecule has 14 nitrogen and oxygen atoms in total. The Morgan fingerprint density at radius 1 is 0.838 bits per heavy atom. The predicted octanol–water partition coefficient (Wildman–Crippen LogP) is -0.583. The largest absolute Gasteiger partial charge is 0.494 e. The lowest BCUT2D eigenvalue weighted by Crippen LogP contribution is -2.50. The highest BCUT2D eigenvalue weighted by Crippen LogP contribution is 2.16. The Labute approximate surface area is 213 Å². The lowest BCUT2D eigenvalue weighted by molar-refractivity contribution is -0.146. The fourth-order valence-corrected chi connectivity index (χ4v) is 3.57. The first-order chi connectivity index (χ1) is 17.7. The lowest BCUT2D eigenvalue weighted by Gasteiger charge is -2.34. The van der Waals surface area contributed by atoms with Crippen LogP contribution in [0.1, 0.15) is 12.5 Å². The van der Waals surface area contributed by atoms with Gasteiger partial charge in [0.1, 0.15) is 19.2 Å². The second-order valence-electron chi connectivity index (χ2n) is 7.93. The van der Waals surface area contributed by atoms with Gasteiger partial charge in [0.2, 0.25) is 0 Å². The van der Waals surface area contributed by atoms with E-state index in [4.69, 9.17) is 24.4 Å². The van der Waals surface area contributed by atoms with Crippen molar-refractivity contribution in [3.63, 3.8) is 0 Å². The van der Waals surface area contributed by atoms with Crippen LogP contribution in [0.3, 0.4) is 0 Å². The zero-order valence-electron chi connectivity index (χ0n) is 20.6. The maximum Gasteiger partial charge on any atom is 0.317 e. The van der Waals surface area contributed by atoms with Gasteiger partial charge in [0.25, 0.3) is 12.9 Å². The maximum absolute atomic E-state index is 11.5. The van der Waals surface area contributed by atoms with Crippen LogP contribution in [0.4, 0.5) is 0 Å². The molecule has 37 heavy (non-hydrogen) atoms. The number of carbonyl (C=O) groups excluding carboxylic acids is 2. The summed E-state index contributed by atoms with van der Waals surface area (Å²) in [6, 6.07) is 6.66. The maximum atomic E-state index is 11.5. The molecule has 0 saturated heterocycles. The number of carboxylic acids is 3. The molecule has 0 saturated carbocycles. The van der Waals surface area contributed by atoms with E-state index in [0.717, 1.165) is 5.56 Å². The molecule has 1 aromatic rings. The summed E-state index contributed by atoms with van der Waals surface area (Å²) in [5.74, 6) is -2.93. The predicted molar refractivity (Wildman–Crippen MR) is 127 cm³/mol. The lowest BCUT2D eigenvalue weighted by atomic mass is 10.0. The molecule has 0 aromatic heterocycles. The summed E-state index contributed by atoms with van der Waals surface area (Å²) in [5.41, 5.74) is 0.837. The Hall–Kier alpha value is -3.75. The van der Waals surface area contributed by atoms with Crippen LogP contribution in [0.5, 0.6) is 5.75 Å². The second kappa shape index (κ2) is 17.6. The SMILES string of the molecule is CCOc1ccc(C[C@@H](CN(CCN(CC(=O)O)CC(=O)O)CC(=O)O)N(COC=O)COC=O)cc1. The number of aliphatic carboxylic acids is 3. The van der Waals surface area contributed by atoms with Crippen molar-refractivity contribution in [2.24, 2.45) is 0 Å². The highest BCUT2D eigenvalue weighted by atomic mass is 16.6. The number of benzene rings is 1. The number of hydrogen-bond acceptors (Lipinski definition) is 11. The second-order valence-corrected chi connectivity index (χ2v) is 7.93. The Morgan fingerprint density at radius 3 is 1.78 bits per heavy atom. The van der Waals surface area contributed by atoms with Crippen molar-refractivity contribution in [1.29, 1.82) is 0 Å². The zero-order valence-corrected chi connectivity index (χ0v) is 20.6. The molecule has 0 radical (unpaired) electrons. The monoisotopic (exact) mass is 527 g/mol. The molecule has 0 aliphatic heterocycles. The Bertz CT molecular complexity index is 838. The topological polar surface area (TPSA) is 183 Å². The van der Waals surface area contributed by atoms with Crippen molar-refractivity contribution >= 4 is 30.9 Å². The standard InChI is InChI=1S/C23H33N3O11/c1-2-37-20-5-3-18(4-6-20)9-19(26(14-35-16-27)15-36-17-28)10-24(11-21(29)30)7-8-25(12-22(31)32)13-23(33)34/h3-6,16-17,19H,2,7-15H2,1H3,(H,29,30)(H,31,32)(H,33,34)/t19-/m0/s1. The fourth-order valence-electron chi connectivity index (χ4n) is 3.57. The van der Waals surface area contributed by atoms with Gasteiger partial charge in [0.15, 0.2) is 0 Å². The quantitative estimate of drug-likeness (QED) is 0.128. The summed E-state index contributed by atoms with van der Waals surface area (Å²) >= 11 is 0. The number of rotatable bonds is 22. The zero-order chi connectivity index (χ0) is 27.6. The number of nitrogens with zero attached hydrogens (tertiary/aromatic N) is 3. The summed E-state index contributed by atoms with van der Waals surface area (Å²) < 4.78 is 15.2. The molecule has 0 bridgehead atoms. The number of carbonyl (C=O) groups is 5. The smallest absolute Gasteiger partial charge is 0.317 e. The van der Waals surface area contributed by atoms with Gasteiger partial charge in [0.05, 0.1) is 26.2 Å². The molecule has 0 amide bonds. The summed E-state index contributed by atoms with van der Waals surface area (Å²) in [7, 11) is 0. The van der Waals surface area contributed by atoms with Crippen molar-refractivity contribution in [3.05, 3.63) is 29.8 Å². The van der Waals surface area contributed by atoms with Crippen molar-refractivity contribution < 1.29 is 53.5 Å². The molecule has 0 heterocycles. The minimum absolute atomic E-state index is 0.0304. The van der Waals surface area contributed by atoms with Crippen LogP contribution in [0.25, 0.3) is 0 Å². The highest BCUT2D eigenvalue weighted by Gasteiger charge is 2.25. The van der Waals surface area contributed by atoms with Gasteiger partial charge in [-0.1, -0.05) is 12.1 Å². The summed E-state index contributed by atoms with van der Waals surface area (Å²) in [6.07, 6.45) is 0.334. The van der Waals surface area contributed by atoms with Gasteiger partial charge in [-0.3, -0.25) is 33.8 Å². The third-order valence-corrected chi connectivity index (χ3v) is 5.12. The van der Waals surface area contributed by atoms with E-state index in [9.17, 15) is 29.1 Å². The third-order valence-electron chi connectivity index (χ3n) is 5.12. The number of carboxylic acid groups (broad SMARTS) is 3. The van der Waals surface area contributed by atoms with E-state index in [2.05, 4.69) is 0 Å². The van der Waals surface area contributed by atoms with Gasteiger partial charge in [-0.2, -0.15) is 0 Å². The molecule has 206 valence electrons. The average molecular weight is 528 g/mol. The van der Waals surface area contributed by atoms with E-state index in [1.165, 1.54) is 14.7 Å². The Kier molecular flexibility index (Phi) is 14.9. The van der Waals surface area contributed by atoms with Gasteiger partial charge in [0, 0.05) is 25.7 Å². The summed E-state index contributed by atoms with van der Waals surface area (Å²) in [4.78, 5) is 59.6. The van der Waals surface area contributed by atoms with E-state index in [1.54, 1.807) is 12.1 Å². The van der Waals surface area contributed by atoms with Crippen LogP contribution in [0, 0.1) is 0 Å². The number of hydrogen-bond donors (Lipinski definition) is 3. The Balaban J connectivity index is 3.16. The van der Waals surface area contributed by atoms with Crippen LogP contribution in [-0.2, 0) is 39.9 Å². The molecule has 14 heteroatoms. The minimum Gasteiger partial charge on any atom is -0.494 e. The third kappa shape index (κ3) is 13.8. The first-order valence-corrected chi connectivity index (χ1v) is 11.3. The van der Waals surface area contributed by atoms with Crippen LogP contribution >= 0.6 is 0 Å². The normalized spacial score (nSPS) is 11.8. The van der Waals surface area contributed by atoms with Crippen LogP contribution in [0.15, 0.2) is 24.3 Å². The molecule has 3 N–H and O–H groups in total. The van der Waals surface area contributed by atoms with Crippen molar-refractivity contribution in [3.8, 4) is 5.75 Å². The highest BCUT2D eigenvalue weighted by molar-refractivity contribution is 5.72. The molecule has 0 aliphatic carbocycles. The first kappa shape index (κ1) is 31.3. The van der Waals surface area contributed by atoms with Crippen LogP contribution in [0.2, 0.25) is 0 Å². The average Bonchev–Trinajstić information content (AvgIpc) is 2.82. The summed E-state index contributed by atoms with van der Waals surface area (Å²) in [5, 5.41) is 27.6. The van der Waals surface area contributed by atoms with E-state index < -0.39 is 43.6 Å². The molecule has 0 unspecified atom stereocenters. The Morgan fingerprint density at radius 2 is 1.32 bits per heavy atom. The van der Waals surface area contributed by atoms with Gasteiger partial charge in [-0.15, -0.1) is 0 Å². The van der Waals surface area contributed by atoms with E-state index >= 15 is 0 Å². The molecule has 0 fully saturated rings.